The average molecular weight is 574 g/mol. The number of benzene rings is 3. The number of carbonyl (C=O) groups is 2. The van der Waals surface area contributed by atoms with Crippen molar-refractivity contribution >= 4 is 29.2 Å². The van der Waals surface area contributed by atoms with E-state index in [0.717, 1.165) is 34.7 Å². The normalized spacial score (nSPS) is 14.9. The van der Waals surface area contributed by atoms with Gasteiger partial charge in [-0.2, -0.15) is 0 Å². The molecule has 0 radical (unpaired) electrons. The van der Waals surface area contributed by atoms with Crippen molar-refractivity contribution in [1.29, 1.82) is 0 Å². The van der Waals surface area contributed by atoms with Gasteiger partial charge in [-0.1, -0.05) is 48.0 Å². The van der Waals surface area contributed by atoms with Crippen LogP contribution in [0.15, 0.2) is 79.3 Å². The summed E-state index contributed by atoms with van der Waals surface area (Å²) in [7, 11) is 3.67. The number of carbonyl (C=O) groups excluding carboxylic acids is 2. The smallest absolute Gasteiger partial charge is 0.255 e. The number of primary amides is 1. The Bertz CT molecular complexity index is 1520. The second-order valence-electron chi connectivity index (χ2n) is 9.97. The van der Waals surface area contributed by atoms with Gasteiger partial charge in [-0.05, 0) is 41.5 Å². The molecule has 0 aliphatic carbocycles. The topological polar surface area (TPSA) is 112 Å². The van der Waals surface area contributed by atoms with Gasteiger partial charge in [0.05, 0.1) is 44.4 Å². The van der Waals surface area contributed by atoms with Crippen LogP contribution in [0.1, 0.15) is 39.5 Å². The first kappa shape index (κ1) is 28.0. The van der Waals surface area contributed by atoms with Crippen LogP contribution in [-0.4, -0.2) is 48.2 Å². The summed E-state index contributed by atoms with van der Waals surface area (Å²) in [6, 6.07) is 19.6. The summed E-state index contributed by atoms with van der Waals surface area (Å²) in [4.78, 5) is 32.2. The third-order valence-electron chi connectivity index (χ3n) is 7.32. The summed E-state index contributed by atoms with van der Waals surface area (Å²) in [5.41, 5.74) is 8.84. The molecule has 2 amide bonds. The number of amides is 2. The summed E-state index contributed by atoms with van der Waals surface area (Å²) < 4.78 is 13.4. The van der Waals surface area contributed by atoms with Crippen LogP contribution < -0.4 is 25.4 Å². The van der Waals surface area contributed by atoms with E-state index >= 15 is 0 Å². The lowest BCUT2D eigenvalue weighted by Gasteiger charge is -2.35. The largest absolute Gasteiger partial charge is 0.497 e. The zero-order valence-corrected chi connectivity index (χ0v) is 23.7. The molecular weight excluding hydrogens is 542 g/mol. The molecule has 9 nitrogen and oxygen atoms in total. The van der Waals surface area contributed by atoms with E-state index in [0.29, 0.717) is 29.5 Å². The van der Waals surface area contributed by atoms with Gasteiger partial charge in [-0.15, -0.1) is 0 Å². The lowest BCUT2D eigenvalue weighted by molar-refractivity contribution is -0.119. The second kappa shape index (κ2) is 12.3. The van der Waals surface area contributed by atoms with Gasteiger partial charge in [0.1, 0.15) is 23.4 Å². The van der Waals surface area contributed by atoms with E-state index in [-0.39, 0.29) is 12.5 Å². The average Bonchev–Trinajstić information content (AvgIpc) is 3.45. The summed E-state index contributed by atoms with van der Waals surface area (Å²) in [6.45, 7) is 1.08. The molecule has 0 bridgehead atoms. The number of fused-ring (bicyclic) bond motifs is 1. The van der Waals surface area contributed by atoms with Gasteiger partial charge in [0.15, 0.2) is 0 Å². The SMILES string of the molecule is COc1ccc(Cn2cncc2N(C)C2CCOc3c(C(=O)N[C@@H](Cc4ccc(Cl)cc4)C(N)=O)cccc32)cc1. The monoisotopic (exact) mass is 573 g/mol. The van der Waals surface area contributed by atoms with Gasteiger partial charge < -0.3 is 30.0 Å². The molecule has 1 aliphatic rings. The number of nitrogens with zero attached hydrogens (tertiary/aromatic N) is 3. The van der Waals surface area contributed by atoms with Crippen LogP contribution in [0.25, 0.3) is 0 Å². The first-order valence-electron chi connectivity index (χ1n) is 13.3. The predicted octanol–water partition coefficient (Wildman–Crippen LogP) is 4.38. The Balaban J connectivity index is 1.36. The summed E-state index contributed by atoms with van der Waals surface area (Å²) in [5.74, 6) is 1.20. The third-order valence-corrected chi connectivity index (χ3v) is 7.57. The Morgan fingerprint density at radius 3 is 2.59 bits per heavy atom. The number of aromatic nitrogens is 2. The summed E-state index contributed by atoms with van der Waals surface area (Å²) >= 11 is 5.98. The summed E-state index contributed by atoms with van der Waals surface area (Å²) in [5, 5.41) is 3.39. The van der Waals surface area contributed by atoms with Crippen molar-refractivity contribution in [2.24, 2.45) is 5.73 Å². The number of nitrogens with one attached hydrogen (secondary N) is 1. The highest BCUT2D eigenvalue weighted by Crippen LogP contribution is 2.39. The number of rotatable bonds is 10. The molecule has 0 saturated carbocycles. The quantitative estimate of drug-likeness (QED) is 0.291. The van der Waals surface area contributed by atoms with Crippen LogP contribution >= 0.6 is 11.6 Å². The van der Waals surface area contributed by atoms with Gasteiger partial charge >= 0.3 is 0 Å². The van der Waals surface area contributed by atoms with Crippen LogP contribution in [0, 0.1) is 0 Å². The number of hydrogen-bond donors (Lipinski definition) is 2. The summed E-state index contributed by atoms with van der Waals surface area (Å²) in [6.07, 6.45) is 4.62. The van der Waals surface area contributed by atoms with Crippen molar-refractivity contribution in [3.05, 3.63) is 107 Å². The van der Waals surface area contributed by atoms with E-state index in [1.165, 1.54) is 0 Å². The minimum atomic E-state index is -0.895. The van der Waals surface area contributed by atoms with E-state index < -0.39 is 17.9 Å². The molecule has 1 aromatic heterocycles. The van der Waals surface area contributed by atoms with Crippen LogP contribution in [0.5, 0.6) is 11.5 Å². The fourth-order valence-corrected chi connectivity index (χ4v) is 5.25. The number of ether oxygens (including phenoxy) is 2. The van der Waals surface area contributed by atoms with E-state index in [1.807, 2.05) is 56.0 Å². The lowest BCUT2D eigenvalue weighted by Crippen LogP contribution is -2.46. The number of nitrogens with two attached hydrogens (primary N) is 1. The number of imidazole rings is 1. The Hall–Kier alpha value is -4.50. The second-order valence-corrected chi connectivity index (χ2v) is 10.4. The van der Waals surface area contributed by atoms with Gasteiger partial charge in [-0.25, -0.2) is 4.98 Å². The first-order chi connectivity index (χ1) is 19.8. The lowest BCUT2D eigenvalue weighted by atomic mass is 9.95. The molecule has 10 heteroatoms. The molecule has 5 rings (SSSR count). The zero-order valence-electron chi connectivity index (χ0n) is 22.9. The number of methoxy groups -OCH3 is 1. The van der Waals surface area contributed by atoms with Gasteiger partial charge in [0.25, 0.3) is 5.91 Å². The van der Waals surface area contributed by atoms with E-state index in [2.05, 4.69) is 19.8 Å². The molecule has 4 aromatic rings. The van der Waals surface area contributed by atoms with E-state index in [1.54, 1.807) is 37.4 Å². The molecule has 0 saturated heterocycles. The Morgan fingerprint density at radius 2 is 1.88 bits per heavy atom. The maximum absolute atomic E-state index is 13.4. The molecule has 1 aliphatic heterocycles. The van der Waals surface area contributed by atoms with Crippen LogP contribution in [0.4, 0.5) is 5.82 Å². The molecule has 3 aromatic carbocycles. The molecule has 0 fully saturated rings. The Kier molecular flexibility index (Phi) is 8.45. The van der Waals surface area contributed by atoms with Crippen molar-refractivity contribution < 1.29 is 19.1 Å². The van der Waals surface area contributed by atoms with Gasteiger partial charge in [0, 0.05) is 30.5 Å². The number of para-hydroxylation sites is 1. The van der Waals surface area contributed by atoms with Crippen molar-refractivity contribution in [2.75, 3.05) is 25.7 Å². The minimum absolute atomic E-state index is 0.0566. The first-order valence-corrected chi connectivity index (χ1v) is 13.7. The molecule has 2 atom stereocenters. The van der Waals surface area contributed by atoms with Crippen molar-refractivity contribution in [3.63, 3.8) is 0 Å². The van der Waals surface area contributed by atoms with E-state index in [9.17, 15) is 9.59 Å². The molecule has 41 heavy (non-hydrogen) atoms. The maximum Gasteiger partial charge on any atom is 0.255 e. The van der Waals surface area contributed by atoms with Gasteiger partial charge in [-0.3, -0.25) is 9.59 Å². The highest BCUT2D eigenvalue weighted by atomic mass is 35.5. The molecule has 3 N–H and O–H groups in total. The van der Waals surface area contributed by atoms with Crippen molar-refractivity contribution in [3.8, 4) is 11.5 Å². The Morgan fingerprint density at radius 1 is 1.15 bits per heavy atom. The maximum atomic E-state index is 13.4. The minimum Gasteiger partial charge on any atom is -0.497 e. The molecular formula is C31H32ClN5O4. The highest BCUT2D eigenvalue weighted by molar-refractivity contribution is 6.30. The molecule has 212 valence electrons. The molecule has 0 spiro atoms. The highest BCUT2D eigenvalue weighted by Gasteiger charge is 2.31. The fourth-order valence-electron chi connectivity index (χ4n) is 5.12. The fraction of sp³-hybridized carbons (Fsp3) is 0.258. The number of halogens is 1. The molecule has 1 unspecified atom stereocenters. The van der Waals surface area contributed by atoms with Crippen LogP contribution in [0.3, 0.4) is 0 Å². The van der Waals surface area contributed by atoms with Gasteiger partial charge in [0.2, 0.25) is 5.91 Å². The Labute approximate surface area is 243 Å². The third kappa shape index (κ3) is 6.30. The van der Waals surface area contributed by atoms with Crippen molar-refractivity contribution in [1.82, 2.24) is 14.9 Å². The van der Waals surface area contributed by atoms with Crippen LogP contribution in [0.2, 0.25) is 5.02 Å². The van der Waals surface area contributed by atoms with E-state index in [4.69, 9.17) is 26.8 Å². The van der Waals surface area contributed by atoms with Crippen molar-refractivity contribution in [2.45, 2.75) is 31.5 Å². The predicted molar refractivity (Wildman–Crippen MR) is 158 cm³/mol. The van der Waals surface area contributed by atoms with Crippen LogP contribution in [-0.2, 0) is 17.8 Å². The number of hydrogen-bond acceptors (Lipinski definition) is 6. The number of anilines is 1. The zero-order chi connectivity index (χ0) is 28.9. The standard InChI is InChI=1S/C31H32ClN5O4/c1-36(28-17-34-19-37(28)18-21-8-12-23(40-2)13-9-21)27-14-15-41-29-24(27)4-3-5-25(29)31(39)35-26(30(33)38)16-20-6-10-22(32)11-7-20/h3-13,17,19,26-27H,14-16,18H2,1-2H3,(H2,33,38)(H,35,39)/t26-,27?/m0/s1. The molecule has 2 heterocycles.